The molecule has 12 aromatic rings. The summed E-state index contributed by atoms with van der Waals surface area (Å²) in [5.41, 5.74) is 0.819. The van der Waals surface area contributed by atoms with Gasteiger partial charge in [-0.2, -0.15) is 52.7 Å². The zero-order valence-corrected chi connectivity index (χ0v) is 73.6. The number of nitrogens with zero attached hydrogens (tertiary/aromatic N) is 1. The van der Waals surface area contributed by atoms with Gasteiger partial charge in [0.15, 0.2) is 64.1 Å². The number of carbonyl (C=O) groups excluding carboxylic acids is 3. The summed E-state index contributed by atoms with van der Waals surface area (Å²) >= 11 is 0. The van der Waals surface area contributed by atoms with Crippen molar-refractivity contribution < 1.29 is 98.1 Å². The minimum absolute atomic E-state index is 0.0833. The minimum Gasteiger partial charge on any atom is -0.465 e. The number of ether oxygens (including phenoxy) is 3. The van der Waals surface area contributed by atoms with E-state index in [1.165, 1.54) is 60.7 Å². The van der Waals surface area contributed by atoms with Crippen LogP contribution in [0, 0.1) is 17.8 Å². The van der Waals surface area contributed by atoms with Crippen LogP contribution in [0.2, 0.25) is 0 Å². The number of hydrogen-bond donors (Lipinski definition) is 0. The van der Waals surface area contributed by atoms with E-state index >= 15 is 0 Å². The Bertz CT molecular complexity index is 5430. The topological polar surface area (TPSA) is 161 Å². The smallest absolute Gasteiger partial charge is 0.416 e. The van der Waals surface area contributed by atoms with Crippen LogP contribution in [0.3, 0.4) is 0 Å². The van der Waals surface area contributed by atoms with Gasteiger partial charge in [-0.3, -0.25) is 9.59 Å². The molecule has 658 valence electrons. The lowest BCUT2D eigenvalue weighted by Gasteiger charge is -2.42. The predicted molar refractivity (Wildman–Crippen MR) is 467 cm³/mol. The Labute approximate surface area is 730 Å². The van der Waals surface area contributed by atoms with Crippen molar-refractivity contribution >= 4 is 70.6 Å². The lowest BCUT2D eigenvalue weighted by molar-refractivity contribution is -0.244. The van der Waals surface area contributed by atoms with Gasteiger partial charge in [-0.1, -0.05) is 203 Å². The summed E-state index contributed by atoms with van der Waals surface area (Å²) in [4.78, 5) is 48.4. The molecule has 1 aliphatic heterocycles. The molecule has 1 aliphatic rings. The second-order valence-corrected chi connectivity index (χ2v) is 38.9. The first-order valence-electron chi connectivity index (χ1n) is 39.2. The highest BCUT2D eigenvalue weighted by molar-refractivity contribution is 8.13. The fourth-order valence-electron chi connectivity index (χ4n) is 11.1. The third kappa shape index (κ3) is 27.1. The van der Waals surface area contributed by atoms with E-state index in [9.17, 15) is 83.9 Å². The van der Waals surface area contributed by atoms with Crippen LogP contribution in [0.1, 0.15) is 119 Å². The highest BCUT2D eigenvalue weighted by Crippen LogP contribution is 2.58. The Balaban J connectivity index is 0.000000195. The van der Waals surface area contributed by atoms with Crippen LogP contribution in [0.15, 0.2) is 378 Å². The molecule has 0 bridgehead atoms. The van der Waals surface area contributed by atoms with Gasteiger partial charge in [0.1, 0.15) is 11.5 Å². The number of esters is 3. The molecule has 12 aromatic carbocycles. The van der Waals surface area contributed by atoms with Gasteiger partial charge >= 0.3 is 46.7 Å². The van der Waals surface area contributed by atoms with Gasteiger partial charge in [0.25, 0.3) is 0 Å². The third-order valence-corrected chi connectivity index (χ3v) is 29.5. The van der Waals surface area contributed by atoms with Crippen molar-refractivity contribution in [1.82, 2.24) is 0 Å². The van der Waals surface area contributed by atoms with Crippen LogP contribution in [-0.4, -0.2) is 57.8 Å². The molecule has 1 heterocycles. The number of rotatable bonds is 21. The van der Waals surface area contributed by atoms with Crippen LogP contribution >= 0.6 is 0 Å². The van der Waals surface area contributed by atoms with Gasteiger partial charge in [-0.15, -0.1) is 0 Å². The molecule has 0 aromatic heterocycles. The number of benzene rings is 12. The molecular formula is C97H93F12NO10S5+2. The lowest BCUT2D eigenvalue weighted by Crippen LogP contribution is -2.64. The average Bonchev–Trinajstić information content (AvgIpc) is 0.693. The Hall–Kier alpha value is -10.9. The van der Waals surface area contributed by atoms with Gasteiger partial charge in [-0.25, -0.2) is 21.6 Å². The summed E-state index contributed by atoms with van der Waals surface area (Å²) in [5, 5.41) is -12.6. The number of hydrogen-bond acceptors (Lipinski definition) is 10. The molecule has 125 heavy (non-hydrogen) atoms. The highest BCUT2D eigenvalue weighted by Gasteiger charge is 2.81. The fourth-order valence-corrected chi connectivity index (χ4v) is 20.1. The molecule has 1 saturated heterocycles. The SMILES string of the molecule is CCC(C)(C)C(=O)OCCc1ccc([S+](c2ccccc2)c2ccccc2)cc1.CCC(C)(C)C(=O)Oc1ccc([S+](c2ccccc2)c2ccccc2)cc1.CCC(C)c1ccc(C(=O)Oc2ccc([S+](c3ccccc3)c3ccccc3)cc2)cc1.Cc1ccccc1.FC(F)(F)c1cccc(C(F)(F)F)c1.O=S1(=O)[N-]S(=O)(=O)C(F)(F)C(F)(F)C1(F)F. The molecule has 1 atom stereocenters. The van der Waals surface area contributed by atoms with Crippen LogP contribution in [-0.2, 0) is 85.8 Å². The van der Waals surface area contributed by atoms with Gasteiger partial charge in [0.05, 0.1) is 66.8 Å². The van der Waals surface area contributed by atoms with Crippen molar-refractivity contribution in [3.8, 4) is 11.5 Å². The van der Waals surface area contributed by atoms with Crippen molar-refractivity contribution in [3.05, 3.63) is 371 Å². The van der Waals surface area contributed by atoms with E-state index in [0.29, 0.717) is 41.7 Å². The quantitative estimate of drug-likeness (QED) is 0.0293. The van der Waals surface area contributed by atoms with Gasteiger partial charge < -0.3 is 18.3 Å². The zero-order valence-electron chi connectivity index (χ0n) is 69.5. The Morgan fingerprint density at radius 3 is 0.976 bits per heavy atom. The van der Waals surface area contributed by atoms with Gasteiger partial charge in [0, 0.05) is 6.42 Å². The standard InChI is InChI=1S/C29H27O2S.C26H29O2S.C24H25O2S.C8H4F6.C7H8.C3F6NO4S2/c1-3-22(2)23-14-16-24(17-15-23)29(30)31-25-18-20-28(21-19-25)32(26-10-6-4-7-11-26)27-12-8-5-9-13-27;1-4-26(2,3)25(27)28-20-19-21-15-17-24(18-16-21)29(22-11-7-5-8-12-22)23-13-9-6-10-14-23;1-4-24(2,3)23(25)26-19-15-17-22(18-16-19)27(20-11-7-5-8-12-20)21-13-9-6-10-14-21;9-7(10,11)5-2-1-3-6(4-5)8(12,13)14;1-7-5-3-2-4-6-7;4-1(5)2(6,7)15(11,12)10-16(13,14)3(1,8)9/h4-22H,3H2,1-2H3;5-18H,4,19-20H2,1-3H3;5-18H,4H2,1-3H3;1-4H;2-6H,1H3;/q3*+1;;;-1. The Kier molecular flexibility index (Phi) is 35.3. The van der Waals surface area contributed by atoms with Crippen LogP contribution in [0.25, 0.3) is 4.13 Å². The van der Waals surface area contributed by atoms with Crippen molar-refractivity contribution in [1.29, 1.82) is 0 Å². The van der Waals surface area contributed by atoms with E-state index in [1.54, 1.807) is 0 Å². The lowest BCUT2D eigenvalue weighted by atomic mass is 9.91. The summed E-state index contributed by atoms with van der Waals surface area (Å²) in [5.74, 6) is -5.62. The van der Waals surface area contributed by atoms with E-state index in [4.69, 9.17) is 14.2 Å². The van der Waals surface area contributed by atoms with Crippen LogP contribution in [0.5, 0.6) is 11.5 Å². The number of sulfonamides is 2. The molecule has 0 saturated carbocycles. The highest BCUT2D eigenvalue weighted by atomic mass is 32.3. The molecule has 13 rings (SSSR count). The molecule has 1 fully saturated rings. The van der Waals surface area contributed by atoms with Crippen LogP contribution in [0.4, 0.5) is 52.7 Å². The average molecular weight is 1820 g/mol. The minimum atomic E-state index is -6.60. The molecule has 0 N–H and O–H groups in total. The number of alkyl halides is 12. The summed E-state index contributed by atoms with van der Waals surface area (Å²) < 4.78 is 206. The largest absolute Gasteiger partial charge is 0.465 e. The molecule has 1 unspecified atom stereocenters. The Morgan fingerprint density at radius 2 is 0.680 bits per heavy atom. The normalized spacial score (nSPS) is 14.3. The molecule has 0 radical (unpaired) electrons. The summed E-state index contributed by atoms with van der Waals surface area (Å²) in [6, 6.07) is 108. The third-order valence-electron chi connectivity index (χ3n) is 19.4. The van der Waals surface area contributed by atoms with E-state index in [1.807, 2.05) is 133 Å². The maximum absolute atomic E-state index is 12.6. The predicted octanol–water partition coefficient (Wildman–Crippen LogP) is 26.5. The maximum Gasteiger partial charge on any atom is 0.416 e. The van der Waals surface area contributed by atoms with Crippen molar-refractivity contribution in [2.75, 3.05) is 6.61 Å². The number of aryl methyl sites for hydroxylation is 1. The van der Waals surface area contributed by atoms with Gasteiger partial charge in [-0.05, 0) is 235 Å². The second kappa shape index (κ2) is 44.3. The molecular weight excluding hydrogens is 1730 g/mol. The fraction of sp³-hybridized carbons (Fsp3) is 0.227. The van der Waals surface area contributed by atoms with E-state index < -0.39 is 70.8 Å². The molecule has 11 nitrogen and oxygen atoms in total. The monoisotopic (exact) mass is 1820 g/mol. The first-order chi connectivity index (χ1) is 59.0. The van der Waals surface area contributed by atoms with Crippen molar-refractivity contribution in [2.45, 2.75) is 167 Å². The molecule has 0 amide bonds. The molecule has 28 heteroatoms. The molecule has 0 spiro atoms. The van der Waals surface area contributed by atoms with E-state index in [0.717, 1.165) is 35.9 Å². The summed E-state index contributed by atoms with van der Waals surface area (Å²) in [7, 11) is -13.7. The van der Waals surface area contributed by atoms with Gasteiger partial charge in [0.2, 0.25) is 0 Å². The van der Waals surface area contributed by atoms with E-state index in [-0.39, 0.29) is 56.7 Å². The number of carbonyl (C=O) groups is 3. The summed E-state index contributed by atoms with van der Waals surface area (Å²) in [6.45, 7) is 18.5. The first kappa shape index (κ1) is 99.5. The number of halogens is 12. The first-order valence-corrected chi connectivity index (χ1v) is 45.7. The zero-order chi connectivity index (χ0) is 91.6. The second-order valence-electron chi connectivity index (χ2n) is 29.3. The van der Waals surface area contributed by atoms with Crippen molar-refractivity contribution in [2.24, 2.45) is 10.8 Å². The maximum atomic E-state index is 12.6. The van der Waals surface area contributed by atoms with Crippen molar-refractivity contribution in [3.63, 3.8) is 0 Å². The summed E-state index contributed by atoms with van der Waals surface area (Å²) in [6.07, 6.45) is -6.17. The van der Waals surface area contributed by atoms with Crippen LogP contribution < -0.4 is 9.47 Å². The molecule has 0 aliphatic carbocycles. The Morgan fingerprint density at radius 1 is 0.384 bits per heavy atom. The van der Waals surface area contributed by atoms with E-state index in [2.05, 4.69) is 239 Å².